The van der Waals surface area contributed by atoms with Gasteiger partial charge in [-0.2, -0.15) is 0 Å². The minimum absolute atomic E-state index is 0.510. The van der Waals surface area contributed by atoms with Crippen molar-refractivity contribution in [2.75, 3.05) is 0 Å². The maximum Gasteiger partial charge on any atom is 0.129 e. The Bertz CT molecular complexity index is 199. The predicted molar refractivity (Wildman–Crippen MR) is 40.7 cm³/mol. The van der Waals surface area contributed by atoms with Gasteiger partial charge in [0, 0.05) is 6.20 Å². The van der Waals surface area contributed by atoms with Gasteiger partial charge in [0.25, 0.3) is 0 Å². The zero-order valence-electron chi connectivity index (χ0n) is 4.79. The minimum atomic E-state index is 0.510. The first kappa shape index (κ1) is 6.30. The fraction of sp³-hybridized carbons (Fsp3) is 0. The molecule has 0 aromatic rings. The summed E-state index contributed by atoms with van der Waals surface area (Å²) >= 11 is 5.57. The van der Waals surface area contributed by atoms with E-state index in [4.69, 9.17) is 11.6 Å². The second-order valence-corrected chi connectivity index (χ2v) is 1.92. The van der Waals surface area contributed by atoms with Crippen LogP contribution in [0.4, 0.5) is 0 Å². The maximum atomic E-state index is 5.57. The molecule has 46 valence electrons. The molecule has 0 aromatic heterocycles. The fourth-order valence-corrected chi connectivity index (χ4v) is 0.599. The number of hydrogen-bond acceptors (Lipinski definition) is 1. The van der Waals surface area contributed by atoms with Crippen molar-refractivity contribution in [3.8, 4) is 0 Å². The summed E-state index contributed by atoms with van der Waals surface area (Å²) in [6.07, 6.45) is 10.8. The van der Waals surface area contributed by atoms with Gasteiger partial charge in [-0.3, -0.25) is 0 Å². The second kappa shape index (κ2) is 3.25. The molecule has 0 fully saturated rings. The van der Waals surface area contributed by atoms with Gasteiger partial charge in [0.15, 0.2) is 0 Å². The minimum Gasteiger partial charge on any atom is -0.245 e. The van der Waals surface area contributed by atoms with E-state index in [0.29, 0.717) is 5.17 Å². The summed E-state index contributed by atoms with van der Waals surface area (Å²) in [5, 5.41) is 0.510. The Morgan fingerprint density at radius 3 is 2.78 bits per heavy atom. The second-order valence-electron chi connectivity index (χ2n) is 1.54. The van der Waals surface area contributed by atoms with Crippen molar-refractivity contribution in [3.63, 3.8) is 0 Å². The lowest BCUT2D eigenvalue weighted by Crippen LogP contribution is -1.76. The average Bonchev–Trinajstić information content (AvgIpc) is 1.79. The third kappa shape index (κ3) is 2.29. The Balaban J connectivity index is 2.77. The molecule has 0 aliphatic carbocycles. The van der Waals surface area contributed by atoms with Crippen molar-refractivity contribution in [2.24, 2.45) is 4.99 Å². The quantitative estimate of drug-likeness (QED) is 0.488. The Hall–Kier alpha value is -0.820. The summed E-state index contributed by atoms with van der Waals surface area (Å²) in [5.41, 5.74) is 0. The summed E-state index contributed by atoms with van der Waals surface area (Å²) in [6, 6.07) is 0. The van der Waals surface area contributed by atoms with Gasteiger partial charge >= 0.3 is 0 Å². The molecule has 1 rings (SSSR count). The van der Waals surface area contributed by atoms with Crippen LogP contribution in [-0.2, 0) is 0 Å². The van der Waals surface area contributed by atoms with Crippen LogP contribution in [-0.4, -0.2) is 5.17 Å². The first-order chi connectivity index (χ1) is 4.39. The third-order valence-corrected chi connectivity index (χ3v) is 1.07. The highest BCUT2D eigenvalue weighted by molar-refractivity contribution is 6.68. The Morgan fingerprint density at radius 1 is 1.11 bits per heavy atom. The predicted octanol–water partition coefficient (Wildman–Crippen LogP) is 2.26. The first-order valence-corrected chi connectivity index (χ1v) is 3.00. The number of nitrogens with zero attached hydrogens (tertiary/aromatic N) is 1. The molecule has 9 heavy (non-hydrogen) atoms. The normalized spacial score (nSPS) is 16.8. The van der Waals surface area contributed by atoms with E-state index in [2.05, 4.69) is 4.99 Å². The third-order valence-electron chi connectivity index (χ3n) is 0.851. The summed E-state index contributed by atoms with van der Waals surface area (Å²) in [6.45, 7) is 0. The molecule has 0 saturated carbocycles. The molecule has 0 N–H and O–H groups in total. The zero-order chi connectivity index (χ0) is 6.53. The van der Waals surface area contributed by atoms with Crippen LogP contribution in [0.5, 0.6) is 0 Å². The Kier molecular flexibility index (Phi) is 2.28. The van der Waals surface area contributed by atoms with Crippen LogP contribution >= 0.6 is 11.6 Å². The highest BCUT2D eigenvalue weighted by Gasteiger charge is 1.81. The van der Waals surface area contributed by atoms with E-state index in [1.165, 1.54) is 0 Å². The Labute approximate surface area is 59.1 Å². The lowest BCUT2D eigenvalue weighted by Gasteiger charge is -1.84. The highest BCUT2D eigenvalue weighted by Crippen LogP contribution is 1.94. The van der Waals surface area contributed by atoms with E-state index in [1.807, 2.05) is 24.3 Å². The van der Waals surface area contributed by atoms with Crippen LogP contribution in [0.1, 0.15) is 0 Å². The fourth-order valence-electron chi connectivity index (χ4n) is 0.470. The first-order valence-electron chi connectivity index (χ1n) is 2.63. The number of allylic oxidation sites excluding steroid dienone is 5. The standard InChI is InChI=1S/C7H6ClN/c8-7-5-3-1-2-4-6-9-7/h1-6H. The molecule has 0 amide bonds. The van der Waals surface area contributed by atoms with E-state index >= 15 is 0 Å². The lowest BCUT2D eigenvalue weighted by atomic mass is 10.4. The monoisotopic (exact) mass is 139 g/mol. The van der Waals surface area contributed by atoms with Gasteiger partial charge in [0.1, 0.15) is 5.17 Å². The van der Waals surface area contributed by atoms with Gasteiger partial charge in [-0.1, -0.05) is 29.8 Å². The molecular formula is C7H6ClN. The van der Waals surface area contributed by atoms with Crippen LogP contribution in [0, 0.1) is 0 Å². The van der Waals surface area contributed by atoms with E-state index in [0.717, 1.165) is 0 Å². The zero-order valence-corrected chi connectivity index (χ0v) is 5.55. The average molecular weight is 140 g/mol. The number of aliphatic imine (C=N–C) groups is 1. The van der Waals surface area contributed by atoms with E-state index in [9.17, 15) is 0 Å². The largest absolute Gasteiger partial charge is 0.245 e. The lowest BCUT2D eigenvalue weighted by molar-refractivity contribution is 1.58. The van der Waals surface area contributed by atoms with Crippen LogP contribution in [0.3, 0.4) is 0 Å². The summed E-state index contributed by atoms with van der Waals surface area (Å²) in [7, 11) is 0. The van der Waals surface area contributed by atoms with Crippen molar-refractivity contribution < 1.29 is 0 Å². The van der Waals surface area contributed by atoms with Crippen LogP contribution in [0.15, 0.2) is 41.6 Å². The van der Waals surface area contributed by atoms with E-state index in [-0.39, 0.29) is 0 Å². The molecule has 1 nitrogen and oxygen atoms in total. The SMILES string of the molecule is ClC1=NC=CC=CC=C1. The number of halogens is 1. The molecule has 1 aliphatic heterocycles. The van der Waals surface area contributed by atoms with Crippen molar-refractivity contribution in [2.45, 2.75) is 0 Å². The van der Waals surface area contributed by atoms with Crippen LogP contribution in [0.25, 0.3) is 0 Å². The van der Waals surface area contributed by atoms with Gasteiger partial charge < -0.3 is 0 Å². The smallest absolute Gasteiger partial charge is 0.129 e. The Morgan fingerprint density at radius 2 is 1.89 bits per heavy atom. The van der Waals surface area contributed by atoms with Crippen molar-refractivity contribution in [1.82, 2.24) is 0 Å². The van der Waals surface area contributed by atoms with Gasteiger partial charge in [-0.25, -0.2) is 4.99 Å². The molecule has 0 radical (unpaired) electrons. The van der Waals surface area contributed by atoms with Gasteiger partial charge in [0.05, 0.1) is 0 Å². The summed E-state index contributed by atoms with van der Waals surface area (Å²) < 4.78 is 0. The molecule has 0 spiro atoms. The van der Waals surface area contributed by atoms with Gasteiger partial charge in [0.2, 0.25) is 0 Å². The van der Waals surface area contributed by atoms with E-state index < -0.39 is 0 Å². The summed E-state index contributed by atoms with van der Waals surface area (Å²) in [5.74, 6) is 0. The molecule has 1 heterocycles. The van der Waals surface area contributed by atoms with Crippen LogP contribution in [0.2, 0.25) is 0 Å². The maximum absolute atomic E-state index is 5.57. The van der Waals surface area contributed by atoms with Gasteiger partial charge in [-0.15, -0.1) is 0 Å². The summed E-state index contributed by atoms with van der Waals surface area (Å²) in [4.78, 5) is 3.85. The molecule has 1 aliphatic rings. The topological polar surface area (TPSA) is 12.4 Å². The molecule has 0 saturated heterocycles. The van der Waals surface area contributed by atoms with Crippen molar-refractivity contribution in [1.29, 1.82) is 0 Å². The van der Waals surface area contributed by atoms with E-state index in [1.54, 1.807) is 12.3 Å². The molecule has 0 aromatic carbocycles. The van der Waals surface area contributed by atoms with Gasteiger partial charge in [-0.05, 0) is 12.2 Å². The molecule has 0 unspecified atom stereocenters. The molecule has 0 atom stereocenters. The number of hydrogen-bond donors (Lipinski definition) is 0. The molecule has 2 heteroatoms. The highest BCUT2D eigenvalue weighted by atomic mass is 35.5. The molecular weight excluding hydrogens is 134 g/mol. The van der Waals surface area contributed by atoms with Crippen molar-refractivity contribution in [3.05, 3.63) is 36.6 Å². The van der Waals surface area contributed by atoms with Crippen molar-refractivity contribution >= 4 is 16.8 Å². The molecule has 0 bridgehead atoms. The number of rotatable bonds is 0. The van der Waals surface area contributed by atoms with Crippen LogP contribution < -0.4 is 0 Å².